The van der Waals surface area contributed by atoms with Gasteiger partial charge in [-0.3, -0.25) is 10.1 Å². The van der Waals surface area contributed by atoms with E-state index in [0.29, 0.717) is 0 Å². The molecule has 5 heteroatoms. The lowest BCUT2D eigenvalue weighted by Crippen LogP contribution is -1.97. The molecule has 0 radical (unpaired) electrons. The molecule has 0 saturated heterocycles. The molecule has 0 aromatic heterocycles. The predicted molar refractivity (Wildman–Crippen MR) is 73.9 cm³/mol. The maximum atomic E-state index is 10.7. The number of aromatic carboxylic acids is 1. The molecule has 2 rings (SSSR count). The van der Waals surface area contributed by atoms with Gasteiger partial charge in [-0.05, 0) is 36.1 Å². The van der Waals surface area contributed by atoms with Crippen LogP contribution in [0.2, 0.25) is 0 Å². The lowest BCUT2D eigenvalue weighted by Gasteiger charge is -2.03. The van der Waals surface area contributed by atoms with Gasteiger partial charge in [-0.2, -0.15) is 0 Å². The number of non-ortho nitro benzene ring substituents is 1. The van der Waals surface area contributed by atoms with E-state index in [4.69, 9.17) is 5.11 Å². The normalized spacial score (nSPS) is 10.2. The van der Waals surface area contributed by atoms with Gasteiger partial charge in [0.05, 0.1) is 10.5 Å². The fraction of sp³-hybridized carbons (Fsp3) is 0.133. The maximum Gasteiger partial charge on any atom is 0.335 e. The van der Waals surface area contributed by atoms with Crippen molar-refractivity contribution in [2.45, 2.75) is 12.8 Å². The standard InChI is InChI=1S/C15H13NO4/c17-15(18)13-7-3-11(4-8-13)1-2-12-5-9-14(10-6-12)16(19)20/h3-10H,1-2H2,(H,17,18). The summed E-state index contributed by atoms with van der Waals surface area (Å²) < 4.78 is 0. The van der Waals surface area contributed by atoms with Crippen molar-refractivity contribution in [2.75, 3.05) is 0 Å². The Labute approximate surface area is 115 Å². The number of benzene rings is 2. The van der Waals surface area contributed by atoms with Crippen LogP contribution < -0.4 is 0 Å². The smallest absolute Gasteiger partial charge is 0.335 e. The average Bonchev–Trinajstić information content (AvgIpc) is 2.46. The molecule has 0 spiro atoms. The van der Waals surface area contributed by atoms with E-state index in [0.717, 1.165) is 24.0 Å². The van der Waals surface area contributed by atoms with Crippen LogP contribution >= 0.6 is 0 Å². The molecule has 0 aliphatic heterocycles. The Bertz CT molecular complexity index is 560. The van der Waals surface area contributed by atoms with Crippen molar-refractivity contribution in [3.05, 3.63) is 75.3 Å². The Morgan fingerprint density at radius 2 is 1.40 bits per heavy atom. The molecule has 2 aromatic carbocycles. The van der Waals surface area contributed by atoms with E-state index >= 15 is 0 Å². The number of nitro benzene ring substituents is 1. The van der Waals surface area contributed by atoms with Crippen molar-refractivity contribution in [1.82, 2.24) is 0 Å². The minimum atomic E-state index is -0.938. The van der Waals surface area contributed by atoms with Crippen LogP contribution in [0.4, 0.5) is 5.69 Å². The summed E-state index contributed by atoms with van der Waals surface area (Å²) in [6.45, 7) is 0. The van der Waals surface area contributed by atoms with Crippen LogP contribution in [-0.2, 0) is 12.8 Å². The fourth-order valence-electron chi connectivity index (χ4n) is 1.89. The highest BCUT2D eigenvalue weighted by Crippen LogP contribution is 2.14. The number of carboxylic acid groups (broad SMARTS) is 1. The van der Waals surface area contributed by atoms with Crippen LogP contribution in [0.1, 0.15) is 21.5 Å². The van der Waals surface area contributed by atoms with E-state index in [1.165, 1.54) is 12.1 Å². The number of nitrogens with zero attached hydrogens (tertiary/aromatic N) is 1. The molecule has 0 bridgehead atoms. The summed E-state index contributed by atoms with van der Waals surface area (Å²) in [7, 11) is 0. The van der Waals surface area contributed by atoms with Crippen LogP contribution in [0.5, 0.6) is 0 Å². The molecule has 0 unspecified atom stereocenters. The van der Waals surface area contributed by atoms with Gasteiger partial charge < -0.3 is 5.11 Å². The molecule has 0 heterocycles. The Morgan fingerprint density at radius 1 is 0.950 bits per heavy atom. The molecule has 5 nitrogen and oxygen atoms in total. The van der Waals surface area contributed by atoms with E-state index in [1.807, 2.05) is 0 Å². The Kier molecular flexibility index (Phi) is 4.10. The summed E-state index contributed by atoms with van der Waals surface area (Å²) in [5.41, 5.74) is 2.40. The summed E-state index contributed by atoms with van der Waals surface area (Å²) in [6, 6.07) is 13.2. The number of hydrogen-bond acceptors (Lipinski definition) is 3. The van der Waals surface area contributed by atoms with Gasteiger partial charge in [0.1, 0.15) is 0 Å². The lowest BCUT2D eigenvalue weighted by atomic mass is 10.0. The minimum Gasteiger partial charge on any atom is -0.478 e. The van der Waals surface area contributed by atoms with Gasteiger partial charge in [0.2, 0.25) is 0 Å². The molecular weight excluding hydrogens is 258 g/mol. The topological polar surface area (TPSA) is 80.4 Å². The quantitative estimate of drug-likeness (QED) is 0.669. The molecule has 0 saturated carbocycles. The zero-order valence-corrected chi connectivity index (χ0v) is 10.7. The molecule has 2 aromatic rings. The number of rotatable bonds is 5. The van der Waals surface area contributed by atoms with Gasteiger partial charge in [0, 0.05) is 12.1 Å². The molecule has 102 valence electrons. The first-order valence-corrected chi connectivity index (χ1v) is 6.12. The first-order valence-electron chi connectivity index (χ1n) is 6.12. The first-order chi connectivity index (χ1) is 9.56. The maximum absolute atomic E-state index is 10.7. The third-order valence-corrected chi connectivity index (χ3v) is 3.05. The second-order valence-corrected chi connectivity index (χ2v) is 4.43. The summed E-state index contributed by atoms with van der Waals surface area (Å²) in [4.78, 5) is 20.8. The average molecular weight is 271 g/mol. The number of aryl methyl sites for hydroxylation is 2. The summed E-state index contributed by atoms with van der Waals surface area (Å²) in [6.07, 6.45) is 1.52. The second-order valence-electron chi connectivity index (χ2n) is 4.43. The minimum absolute atomic E-state index is 0.0829. The number of carbonyl (C=O) groups is 1. The van der Waals surface area contributed by atoms with Crippen molar-refractivity contribution >= 4 is 11.7 Å². The number of nitro groups is 1. The van der Waals surface area contributed by atoms with Crippen LogP contribution in [0, 0.1) is 10.1 Å². The predicted octanol–water partition coefficient (Wildman–Crippen LogP) is 3.08. The van der Waals surface area contributed by atoms with Gasteiger partial charge in [-0.1, -0.05) is 24.3 Å². The summed E-state index contributed by atoms with van der Waals surface area (Å²) >= 11 is 0. The zero-order valence-electron chi connectivity index (χ0n) is 10.7. The van der Waals surface area contributed by atoms with Crippen LogP contribution in [0.25, 0.3) is 0 Å². The van der Waals surface area contributed by atoms with Crippen molar-refractivity contribution < 1.29 is 14.8 Å². The van der Waals surface area contributed by atoms with Crippen molar-refractivity contribution in [3.8, 4) is 0 Å². The molecule has 0 amide bonds. The van der Waals surface area contributed by atoms with Crippen LogP contribution in [0.3, 0.4) is 0 Å². The van der Waals surface area contributed by atoms with E-state index in [1.54, 1.807) is 36.4 Å². The highest BCUT2D eigenvalue weighted by Gasteiger charge is 2.05. The molecule has 0 fully saturated rings. The molecular formula is C15H13NO4. The van der Waals surface area contributed by atoms with Crippen molar-refractivity contribution in [2.24, 2.45) is 0 Å². The molecule has 1 N–H and O–H groups in total. The molecule has 20 heavy (non-hydrogen) atoms. The summed E-state index contributed by atoms with van der Waals surface area (Å²) in [5.74, 6) is -0.938. The molecule has 0 aliphatic carbocycles. The third kappa shape index (κ3) is 3.41. The first kappa shape index (κ1) is 13.7. The van der Waals surface area contributed by atoms with E-state index in [2.05, 4.69) is 0 Å². The van der Waals surface area contributed by atoms with Crippen LogP contribution in [0.15, 0.2) is 48.5 Å². The number of carboxylic acids is 1. The molecule has 0 atom stereocenters. The zero-order chi connectivity index (χ0) is 14.5. The van der Waals surface area contributed by atoms with Gasteiger partial charge >= 0.3 is 5.97 Å². The Morgan fingerprint density at radius 3 is 1.80 bits per heavy atom. The van der Waals surface area contributed by atoms with Gasteiger partial charge in [0.15, 0.2) is 0 Å². The van der Waals surface area contributed by atoms with Gasteiger partial charge in [-0.15, -0.1) is 0 Å². The van der Waals surface area contributed by atoms with E-state index in [-0.39, 0.29) is 11.3 Å². The molecule has 0 aliphatic rings. The lowest BCUT2D eigenvalue weighted by molar-refractivity contribution is -0.384. The van der Waals surface area contributed by atoms with Crippen LogP contribution in [-0.4, -0.2) is 16.0 Å². The SMILES string of the molecule is O=C(O)c1ccc(CCc2ccc([N+](=O)[O-])cc2)cc1. The second kappa shape index (κ2) is 5.97. The van der Waals surface area contributed by atoms with Crippen molar-refractivity contribution in [3.63, 3.8) is 0 Å². The van der Waals surface area contributed by atoms with Gasteiger partial charge in [0.25, 0.3) is 5.69 Å². The van der Waals surface area contributed by atoms with E-state index < -0.39 is 10.9 Å². The van der Waals surface area contributed by atoms with E-state index in [9.17, 15) is 14.9 Å². The fourth-order valence-corrected chi connectivity index (χ4v) is 1.89. The third-order valence-electron chi connectivity index (χ3n) is 3.05. The Hall–Kier alpha value is -2.69. The summed E-state index contributed by atoms with van der Waals surface area (Å²) in [5, 5.41) is 19.3. The van der Waals surface area contributed by atoms with Gasteiger partial charge in [-0.25, -0.2) is 4.79 Å². The monoisotopic (exact) mass is 271 g/mol. The van der Waals surface area contributed by atoms with Crippen molar-refractivity contribution in [1.29, 1.82) is 0 Å². The highest BCUT2D eigenvalue weighted by molar-refractivity contribution is 5.87. The number of hydrogen-bond donors (Lipinski definition) is 1. The Balaban J connectivity index is 1.97. The highest BCUT2D eigenvalue weighted by atomic mass is 16.6. The largest absolute Gasteiger partial charge is 0.478 e.